The summed E-state index contributed by atoms with van der Waals surface area (Å²) in [4.78, 5) is 32.2. The molecule has 214 valence electrons. The molecule has 0 unspecified atom stereocenters. The molecule has 11 nitrogen and oxygen atoms in total. The number of rotatable bonds is 5. The summed E-state index contributed by atoms with van der Waals surface area (Å²) in [7, 11) is -3.45. The number of nitriles is 1. The number of amides is 1. The summed E-state index contributed by atoms with van der Waals surface area (Å²) in [5.41, 5.74) is 0.582. The molecule has 3 atom stereocenters. The van der Waals surface area contributed by atoms with Crippen molar-refractivity contribution in [2.24, 2.45) is 0 Å². The van der Waals surface area contributed by atoms with Crippen molar-refractivity contribution >= 4 is 33.1 Å². The number of hydrogen-bond donors (Lipinski definition) is 0. The van der Waals surface area contributed by atoms with Gasteiger partial charge in [0.15, 0.2) is 21.3 Å². The van der Waals surface area contributed by atoms with Gasteiger partial charge in [-0.05, 0) is 27.2 Å². The van der Waals surface area contributed by atoms with Crippen molar-refractivity contribution in [3.05, 3.63) is 29.8 Å². The van der Waals surface area contributed by atoms with Crippen molar-refractivity contribution in [2.45, 2.75) is 69.9 Å². The third-order valence-corrected chi connectivity index (χ3v) is 10.8. The Morgan fingerprint density at radius 1 is 1.15 bits per heavy atom. The minimum Gasteiger partial charge on any atom is -0.432 e. The number of fused-ring (bicyclic) bond motifs is 1. The van der Waals surface area contributed by atoms with Gasteiger partial charge in [0.2, 0.25) is 5.91 Å². The molecule has 1 amide bonds. The van der Waals surface area contributed by atoms with E-state index in [-0.39, 0.29) is 35.2 Å². The van der Waals surface area contributed by atoms with E-state index in [2.05, 4.69) is 24.6 Å². The van der Waals surface area contributed by atoms with Gasteiger partial charge in [0.1, 0.15) is 28.8 Å². The van der Waals surface area contributed by atoms with Crippen LogP contribution in [0.15, 0.2) is 18.6 Å². The molecule has 0 aromatic carbocycles. The molecular weight excluding hydrogens is 544 g/mol. The van der Waals surface area contributed by atoms with Gasteiger partial charge in [0.05, 0.1) is 17.6 Å². The minimum absolute atomic E-state index is 0.0301. The number of carbonyl (C=O) groups excluding carboxylic acids is 1. The maximum absolute atomic E-state index is 13.4. The van der Waals surface area contributed by atoms with Crippen LogP contribution >= 0.6 is 0 Å². The zero-order valence-electron chi connectivity index (χ0n) is 22.9. The van der Waals surface area contributed by atoms with Crippen LogP contribution in [0.25, 0.3) is 0 Å². The molecule has 0 bridgehead atoms. The number of hydrogen-bond acceptors (Lipinski definition) is 10. The Bertz CT molecular complexity index is 1510. The zero-order chi connectivity index (χ0) is 29.2. The highest BCUT2D eigenvalue weighted by atomic mass is 32.2. The van der Waals surface area contributed by atoms with Crippen molar-refractivity contribution in [1.29, 1.82) is 5.26 Å². The first kappa shape index (κ1) is 27.9. The summed E-state index contributed by atoms with van der Waals surface area (Å²) in [5.74, 6) is 0.628. The number of nitrogens with zero attached hydrogens (tertiary/aromatic N) is 7. The van der Waals surface area contributed by atoms with Crippen LogP contribution in [0.4, 0.5) is 26.1 Å². The fourth-order valence-electron chi connectivity index (χ4n) is 5.83. The van der Waals surface area contributed by atoms with Gasteiger partial charge < -0.3 is 19.4 Å². The summed E-state index contributed by atoms with van der Waals surface area (Å²) in [5, 5.41) is 9.26. The van der Waals surface area contributed by atoms with Gasteiger partial charge in [-0.25, -0.2) is 23.4 Å². The number of alkyl halides is 2. The Morgan fingerprint density at radius 3 is 2.45 bits per heavy atom. The summed E-state index contributed by atoms with van der Waals surface area (Å²) in [6.45, 7) is 7.55. The number of ether oxygens (including phenoxy) is 1. The first-order chi connectivity index (χ1) is 18.7. The molecule has 40 heavy (non-hydrogen) atoms. The van der Waals surface area contributed by atoms with Gasteiger partial charge in [0.25, 0.3) is 0 Å². The minimum atomic E-state index is -3.45. The monoisotopic (exact) mass is 575 g/mol. The second-order valence-electron chi connectivity index (χ2n) is 11.5. The number of carbonyl (C=O) groups is 1. The summed E-state index contributed by atoms with van der Waals surface area (Å²) < 4.78 is 54.0. The van der Waals surface area contributed by atoms with E-state index < -0.39 is 26.6 Å². The Hall–Kier alpha value is -3.60. The first-order valence-electron chi connectivity index (χ1n) is 13.0. The van der Waals surface area contributed by atoms with Gasteiger partial charge in [-0.3, -0.25) is 4.79 Å². The molecule has 3 aliphatic heterocycles. The highest BCUT2D eigenvalue weighted by Crippen LogP contribution is 2.48. The van der Waals surface area contributed by atoms with Crippen LogP contribution in [0.1, 0.15) is 52.3 Å². The molecule has 3 aliphatic rings. The van der Waals surface area contributed by atoms with Gasteiger partial charge in [-0.1, -0.05) is 13.8 Å². The maximum atomic E-state index is 13.4. The van der Waals surface area contributed by atoms with E-state index in [1.165, 1.54) is 25.5 Å². The maximum Gasteiger partial charge on any atom is 0.387 e. The SMILES string of the molecule is C[C@@H]1CN(c2ncnc3c2C(C)(C)CN3c2cnc(C#N)c(OC(F)F)c2)[C@@H](C)CN1C(=O)[C@@]1(C)CCS1(=O)=O. The molecule has 2 saturated heterocycles. The largest absolute Gasteiger partial charge is 0.432 e. The Morgan fingerprint density at radius 2 is 1.85 bits per heavy atom. The van der Waals surface area contributed by atoms with Gasteiger partial charge in [0, 0.05) is 48.8 Å². The summed E-state index contributed by atoms with van der Waals surface area (Å²) in [6.07, 6.45) is 3.19. The van der Waals surface area contributed by atoms with Crippen molar-refractivity contribution < 1.29 is 26.7 Å². The quantitative estimate of drug-likeness (QED) is 0.524. The van der Waals surface area contributed by atoms with Gasteiger partial charge in [-0.2, -0.15) is 14.0 Å². The predicted octanol–water partition coefficient (Wildman–Crippen LogP) is 2.78. The van der Waals surface area contributed by atoms with Crippen LogP contribution in [0.5, 0.6) is 5.75 Å². The topological polar surface area (TPSA) is 133 Å². The van der Waals surface area contributed by atoms with Crippen molar-refractivity contribution in [2.75, 3.05) is 35.2 Å². The van der Waals surface area contributed by atoms with E-state index in [0.717, 1.165) is 5.56 Å². The van der Waals surface area contributed by atoms with Crippen LogP contribution in [0.3, 0.4) is 0 Å². The highest BCUT2D eigenvalue weighted by molar-refractivity contribution is 7.95. The Labute approximate surface area is 231 Å². The van der Waals surface area contributed by atoms with Crippen molar-refractivity contribution in [1.82, 2.24) is 19.9 Å². The summed E-state index contributed by atoms with van der Waals surface area (Å²) in [6, 6.07) is 2.69. The van der Waals surface area contributed by atoms with Gasteiger partial charge in [-0.15, -0.1) is 0 Å². The highest BCUT2D eigenvalue weighted by Gasteiger charge is 2.57. The number of pyridine rings is 1. The summed E-state index contributed by atoms with van der Waals surface area (Å²) >= 11 is 0. The van der Waals surface area contributed by atoms with Crippen molar-refractivity contribution in [3.8, 4) is 11.8 Å². The molecule has 14 heteroatoms. The van der Waals surface area contributed by atoms with Crippen LogP contribution < -0.4 is 14.5 Å². The normalized spacial score (nSPS) is 26.7. The van der Waals surface area contributed by atoms with E-state index in [1.807, 2.05) is 32.6 Å². The van der Waals surface area contributed by atoms with Crippen LogP contribution in [0.2, 0.25) is 0 Å². The zero-order valence-corrected chi connectivity index (χ0v) is 23.7. The lowest BCUT2D eigenvalue weighted by atomic mass is 9.87. The molecule has 5 rings (SSSR count). The second kappa shape index (κ2) is 9.50. The standard InChI is InChI=1S/C26H31F2N7O4S/c1-15-12-34(23(36)26(5)6-7-40(26,37)38)16(2)11-33(15)21-20-22(32-14-31-21)35(13-25(20,3)4)17-8-19(39-24(27)28)18(9-29)30-10-17/h8,10,14-16,24H,6-7,11-13H2,1-5H3/t15-,16+,26+/m0/s1. The molecule has 2 aromatic rings. The fraction of sp³-hybridized carbons (Fsp3) is 0.577. The van der Waals surface area contributed by atoms with E-state index in [1.54, 1.807) is 11.0 Å². The molecule has 0 saturated carbocycles. The number of anilines is 3. The number of piperazine rings is 1. The first-order valence-corrected chi connectivity index (χ1v) is 14.6. The van der Waals surface area contributed by atoms with E-state index in [0.29, 0.717) is 43.4 Å². The lowest BCUT2D eigenvalue weighted by molar-refractivity contribution is -0.137. The molecule has 2 aromatic heterocycles. The average Bonchev–Trinajstić information content (AvgIpc) is 3.18. The molecule has 0 radical (unpaired) electrons. The van der Waals surface area contributed by atoms with Crippen LogP contribution in [-0.2, 0) is 20.0 Å². The Balaban J connectivity index is 1.47. The van der Waals surface area contributed by atoms with Crippen LogP contribution in [-0.4, -0.2) is 83.0 Å². The number of halogens is 2. The van der Waals surface area contributed by atoms with Crippen LogP contribution in [0, 0.1) is 11.3 Å². The van der Waals surface area contributed by atoms with E-state index in [9.17, 15) is 27.3 Å². The lowest BCUT2D eigenvalue weighted by Crippen LogP contribution is -2.66. The lowest BCUT2D eigenvalue weighted by Gasteiger charge is -2.49. The van der Waals surface area contributed by atoms with E-state index in [4.69, 9.17) is 0 Å². The predicted molar refractivity (Wildman–Crippen MR) is 142 cm³/mol. The fourth-order valence-corrected chi connectivity index (χ4v) is 7.37. The molecule has 0 aliphatic carbocycles. The third-order valence-electron chi connectivity index (χ3n) is 8.27. The average molecular weight is 576 g/mol. The molecule has 0 N–H and O–H groups in total. The molecule has 0 spiro atoms. The van der Waals surface area contributed by atoms with Gasteiger partial charge >= 0.3 is 6.61 Å². The molecule has 5 heterocycles. The third kappa shape index (κ3) is 4.31. The second-order valence-corrected chi connectivity index (χ2v) is 14.0. The molecular formula is C26H31F2N7O4S. The van der Waals surface area contributed by atoms with Crippen molar-refractivity contribution in [3.63, 3.8) is 0 Å². The number of sulfone groups is 1. The number of aromatic nitrogens is 3. The van der Waals surface area contributed by atoms with E-state index >= 15 is 0 Å². The Kier molecular flexibility index (Phi) is 6.64. The smallest absolute Gasteiger partial charge is 0.387 e. The molecule has 2 fully saturated rings.